The van der Waals surface area contributed by atoms with Crippen LogP contribution in [0.25, 0.3) is 0 Å². The van der Waals surface area contributed by atoms with E-state index in [2.05, 4.69) is 6.58 Å². The van der Waals surface area contributed by atoms with Crippen LogP contribution >= 0.6 is 0 Å². The maximum absolute atomic E-state index is 13.9. The second-order valence-electron chi connectivity index (χ2n) is 8.98. The van der Waals surface area contributed by atoms with Gasteiger partial charge >= 0.3 is 0 Å². The van der Waals surface area contributed by atoms with E-state index in [4.69, 9.17) is 9.47 Å². The van der Waals surface area contributed by atoms with Crippen molar-refractivity contribution in [3.63, 3.8) is 0 Å². The summed E-state index contributed by atoms with van der Waals surface area (Å²) >= 11 is 0. The Morgan fingerprint density at radius 1 is 1.17 bits per heavy atom. The fourth-order valence-corrected chi connectivity index (χ4v) is 5.44. The lowest BCUT2D eigenvalue weighted by molar-refractivity contribution is -0.145. The summed E-state index contributed by atoms with van der Waals surface area (Å²) in [6.07, 6.45) is 2.85. The average Bonchev–Trinajstić information content (AvgIpc) is 3.53. The van der Waals surface area contributed by atoms with Gasteiger partial charge in [-0.25, -0.2) is 0 Å². The Morgan fingerprint density at radius 2 is 1.91 bits per heavy atom. The highest BCUT2D eigenvalue weighted by molar-refractivity contribution is 6.46. The Morgan fingerprint density at radius 3 is 2.60 bits per heavy atom. The number of benzene rings is 2. The van der Waals surface area contributed by atoms with Crippen LogP contribution in [0.5, 0.6) is 5.75 Å². The molecule has 5 rings (SSSR count). The molecule has 1 spiro atoms. The van der Waals surface area contributed by atoms with E-state index in [1.165, 1.54) is 9.80 Å². The number of carbonyl (C=O) groups is 4. The van der Waals surface area contributed by atoms with Crippen molar-refractivity contribution in [2.45, 2.75) is 24.5 Å². The minimum atomic E-state index is -1.75. The molecule has 8 nitrogen and oxygen atoms in total. The van der Waals surface area contributed by atoms with Crippen LogP contribution in [0, 0.1) is 5.92 Å². The highest BCUT2D eigenvalue weighted by Gasteiger charge is 2.70. The minimum Gasteiger partial charge on any atom is -0.490 e. The average molecular weight is 475 g/mol. The Labute approximate surface area is 203 Å². The summed E-state index contributed by atoms with van der Waals surface area (Å²) in [6.45, 7) is 4.54. The molecule has 0 N–H and O–H groups in total. The first-order valence-corrected chi connectivity index (χ1v) is 11.6. The number of Topliss-reactive ketones (excluding diaryl/α,β-unsaturated/α-hetero) is 2. The van der Waals surface area contributed by atoms with Crippen LogP contribution in [-0.4, -0.2) is 61.2 Å². The molecule has 3 heterocycles. The van der Waals surface area contributed by atoms with Crippen molar-refractivity contribution in [3.8, 4) is 5.75 Å². The molecule has 180 valence electrons. The van der Waals surface area contributed by atoms with Crippen molar-refractivity contribution in [2.75, 3.05) is 31.7 Å². The first-order valence-electron chi connectivity index (χ1n) is 11.6. The third-order valence-corrected chi connectivity index (χ3v) is 7.05. The number of hydrogen-bond acceptors (Lipinski definition) is 6. The topological polar surface area (TPSA) is 93.2 Å². The standard InChI is InChI=1S/C27H26N2O6/c1-3-14-34-18-12-10-17(11-13-18)23(30)22-24(31)25(32)29(16-19-7-6-15-35-19)27(22)20-8-4-5-9-21(20)28(2)26(27)33/h3-5,8-13,19,22H,1,6-7,14-16H2,2H3. The van der Waals surface area contributed by atoms with Crippen molar-refractivity contribution in [3.05, 3.63) is 72.3 Å². The van der Waals surface area contributed by atoms with E-state index in [1.807, 2.05) is 0 Å². The van der Waals surface area contributed by atoms with Gasteiger partial charge in [0.15, 0.2) is 11.3 Å². The molecule has 0 bridgehead atoms. The first-order chi connectivity index (χ1) is 16.9. The monoisotopic (exact) mass is 474 g/mol. The predicted molar refractivity (Wildman–Crippen MR) is 127 cm³/mol. The zero-order valence-electron chi connectivity index (χ0n) is 19.4. The molecular weight excluding hydrogens is 448 g/mol. The van der Waals surface area contributed by atoms with Crippen LogP contribution in [0.4, 0.5) is 5.69 Å². The largest absolute Gasteiger partial charge is 0.490 e. The van der Waals surface area contributed by atoms with Gasteiger partial charge in [0.25, 0.3) is 11.8 Å². The van der Waals surface area contributed by atoms with Crippen LogP contribution in [0.1, 0.15) is 28.8 Å². The van der Waals surface area contributed by atoms with E-state index < -0.39 is 34.8 Å². The van der Waals surface area contributed by atoms with Gasteiger partial charge in [0.1, 0.15) is 18.3 Å². The van der Waals surface area contributed by atoms with E-state index >= 15 is 0 Å². The van der Waals surface area contributed by atoms with Crippen LogP contribution in [-0.2, 0) is 24.7 Å². The number of rotatable bonds is 7. The number of hydrogen-bond donors (Lipinski definition) is 0. The lowest BCUT2D eigenvalue weighted by atomic mass is 9.75. The highest BCUT2D eigenvalue weighted by Crippen LogP contribution is 2.53. The van der Waals surface area contributed by atoms with Crippen molar-refractivity contribution in [2.24, 2.45) is 5.92 Å². The summed E-state index contributed by atoms with van der Waals surface area (Å²) < 4.78 is 11.2. The number of nitrogens with zero attached hydrogens (tertiary/aromatic N) is 2. The normalized spacial score (nSPS) is 25.5. The Kier molecular flexibility index (Phi) is 5.76. The number of anilines is 1. The lowest BCUT2D eigenvalue weighted by Crippen LogP contribution is -2.56. The lowest BCUT2D eigenvalue weighted by Gasteiger charge is -2.37. The van der Waals surface area contributed by atoms with Gasteiger partial charge in [-0.05, 0) is 43.2 Å². The number of likely N-dealkylation sites (N-methyl/N-ethyl adjacent to an activating group) is 1. The minimum absolute atomic E-state index is 0.0661. The van der Waals surface area contributed by atoms with Gasteiger partial charge in [-0.1, -0.05) is 30.9 Å². The quantitative estimate of drug-likeness (QED) is 0.265. The number of para-hydroxylation sites is 1. The van der Waals surface area contributed by atoms with Crippen LogP contribution in [0.15, 0.2) is 61.2 Å². The van der Waals surface area contributed by atoms with Gasteiger partial charge in [0, 0.05) is 37.0 Å². The molecule has 3 atom stereocenters. The molecule has 0 radical (unpaired) electrons. The summed E-state index contributed by atoms with van der Waals surface area (Å²) in [5.74, 6) is -3.73. The molecule has 0 aliphatic carbocycles. The van der Waals surface area contributed by atoms with E-state index in [0.29, 0.717) is 36.6 Å². The Hall–Kier alpha value is -3.78. The Bertz CT molecular complexity index is 1220. The van der Waals surface area contributed by atoms with Crippen molar-refractivity contribution < 1.29 is 28.7 Å². The van der Waals surface area contributed by atoms with Gasteiger partial charge < -0.3 is 19.3 Å². The molecule has 0 aromatic heterocycles. The molecule has 2 saturated heterocycles. The van der Waals surface area contributed by atoms with Gasteiger partial charge in [0.05, 0.1) is 6.10 Å². The van der Waals surface area contributed by atoms with E-state index in [9.17, 15) is 19.2 Å². The molecule has 2 fully saturated rings. The summed E-state index contributed by atoms with van der Waals surface area (Å²) in [5.41, 5.74) is -0.474. The summed E-state index contributed by atoms with van der Waals surface area (Å²) in [7, 11) is 1.60. The van der Waals surface area contributed by atoms with Crippen molar-refractivity contribution >= 4 is 29.1 Å². The number of ether oxygens (including phenoxy) is 2. The number of carbonyl (C=O) groups excluding carboxylic acids is 4. The molecular formula is C27H26N2O6. The second kappa shape index (κ2) is 8.78. The van der Waals surface area contributed by atoms with Crippen molar-refractivity contribution in [1.29, 1.82) is 0 Å². The zero-order chi connectivity index (χ0) is 24.7. The number of likely N-dealkylation sites (tertiary alicyclic amines) is 1. The fourth-order valence-electron chi connectivity index (χ4n) is 5.44. The predicted octanol–water partition coefficient (Wildman–Crippen LogP) is 2.51. The molecule has 2 aromatic carbocycles. The zero-order valence-corrected chi connectivity index (χ0v) is 19.4. The van der Waals surface area contributed by atoms with Gasteiger partial charge in [0.2, 0.25) is 5.78 Å². The highest BCUT2D eigenvalue weighted by atomic mass is 16.5. The molecule has 35 heavy (non-hydrogen) atoms. The Balaban J connectivity index is 1.62. The molecule has 3 aliphatic rings. The maximum Gasteiger partial charge on any atom is 0.292 e. The van der Waals surface area contributed by atoms with Crippen LogP contribution in [0.2, 0.25) is 0 Å². The maximum atomic E-state index is 13.9. The van der Waals surface area contributed by atoms with Crippen molar-refractivity contribution in [1.82, 2.24) is 4.90 Å². The van der Waals surface area contributed by atoms with Crippen LogP contribution < -0.4 is 9.64 Å². The number of ketones is 2. The molecule has 2 aromatic rings. The SMILES string of the molecule is C=CCOc1ccc(C(=O)C2C(=O)C(=O)N(CC3CCCO3)C23C(=O)N(C)c2ccccc23)cc1. The fraction of sp³-hybridized carbons (Fsp3) is 0.333. The first kappa shape index (κ1) is 23.0. The van der Waals surface area contributed by atoms with Gasteiger partial charge in [-0.15, -0.1) is 0 Å². The number of fused-ring (bicyclic) bond motifs is 2. The molecule has 3 unspecified atom stereocenters. The molecule has 3 aliphatic heterocycles. The van der Waals surface area contributed by atoms with Gasteiger partial charge in [-0.2, -0.15) is 0 Å². The summed E-state index contributed by atoms with van der Waals surface area (Å²) in [5, 5.41) is 0. The summed E-state index contributed by atoms with van der Waals surface area (Å²) in [6, 6.07) is 13.3. The van der Waals surface area contributed by atoms with E-state index in [-0.39, 0.29) is 18.2 Å². The van der Waals surface area contributed by atoms with Gasteiger partial charge in [-0.3, -0.25) is 19.2 Å². The smallest absolute Gasteiger partial charge is 0.292 e. The third-order valence-electron chi connectivity index (χ3n) is 7.05. The summed E-state index contributed by atoms with van der Waals surface area (Å²) in [4.78, 5) is 57.4. The van der Waals surface area contributed by atoms with E-state index in [1.54, 1.807) is 61.7 Å². The molecule has 2 amide bonds. The molecule has 8 heteroatoms. The van der Waals surface area contributed by atoms with E-state index in [0.717, 1.165) is 6.42 Å². The third kappa shape index (κ3) is 3.39. The second-order valence-corrected chi connectivity index (χ2v) is 8.98. The molecule has 0 saturated carbocycles. The number of amides is 2. The van der Waals surface area contributed by atoms with Crippen LogP contribution in [0.3, 0.4) is 0 Å².